The van der Waals surface area contributed by atoms with E-state index in [1.54, 1.807) is 17.3 Å². The summed E-state index contributed by atoms with van der Waals surface area (Å²) in [6.07, 6.45) is 4.33. The van der Waals surface area contributed by atoms with Crippen LogP contribution in [0.4, 0.5) is 18.0 Å². The second-order valence-electron chi connectivity index (χ2n) is 9.45. The molecule has 3 aromatic rings. The molecule has 0 radical (unpaired) electrons. The Hall–Kier alpha value is -3.37. The van der Waals surface area contributed by atoms with Crippen LogP contribution >= 0.6 is 0 Å². The molecule has 37 heavy (non-hydrogen) atoms. The molecular formula is C26H33F3N6O2. The van der Waals surface area contributed by atoms with E-state index in [4.69, 9.17) is 9.72 Å². The number of ether oxygens (including phenoxy) is 1. The van der Waals surface area contributed by atoms with Gasteiger partial charge in [0.2, 0.25) is 5.65 Å². The molecule has 2 atom stereocenters. The molecule has 4 heterocycles. The molecular weight excluding hydrogens is 485 g/mol. The number of imidazole rings is 1. The Balaban J connectivity index is 1.70. The van der Waals surface area contributed by atoms with Crippen molar-refractivity contribution in [3.05, 3.63) is 42.1 Å². The maximum atomic E-state index is 13.2. The van der Waals surface area contributed by atoms with Gasteiger partial charge in [0, 0.05) is 55.1 Å². The zero-order valence-electron chi connectivity index (χ0n) is 21.4. The predicted octanol–water partition coefficient (Wildman–Crippen LogP) is 5.86. The van der Waals surface area contributed by atoms with Gasteiger partial charge in [0.05, 0.1) is 18.3 Å². The van der Waals surface area contributed by atoms with Gasteiger partial charge in [-0.15, -0.1) is 0 Å². The van der Waals surface area contributed by atoms with Gasteiger partial charge in [-0.1, -0.05) is 6.42 Å². The Labute approximate surface area is 214 Å². The minimum absolute atomic E-state index is 0.151. The number of fused-ring (bicyclic) bond motifs is 7. The molecule has 11 heteroatoms. The lowest BCUT2D eigenvalue weighted by atomic mass is 10.0. The number of hydrogen-bond acceptors (Lipinski definition) is 5. The summed E-state index contributed by atoms with van der Waals surface area (Å²) >= 11 is 0. The summed E-state index contributed by atoms with van der Waals surface area (Å²) in [6, 6.07) is 0.650. The molecule has 0 saturated carbocycles. The number of nitrogens with one attached hydrogen (secondary N) is 1. The van der Waals surface area contributed by atoms with E-state index in [1.165, 1.54) is 0 Å². The largest absolute Gasteiger partial charge is 0.475 e. The van der Waals surface area contributed by atoms with Crippen molar-refractivity contribution in [1.82, 2.24) is 29.6 Å². The van der Waals surface area contributed by atoms with Gasteiger partial charge < -0.3 is 19.4 Å². The van der Waals surface area contributed by atoms with Crippen molar-refractivity contribution in [2.75, 3.05) is 13.2 Å². The molecule has 0 aliphatic carbocycles. The molecule has 1 aliphatic rings. The van der Waals surface area contributed by atoms with E-state index in [1.807, 2.05) is 43.6 Å². The lowest BCUT2D eigenvalue weighted by Crippen LogP contribution is -2.46. The van der Waals surface area contributed by atoms with Crippen molar-refractivity contribution in [3.8, 4) is 17.1 Å². The highest BCUT2D eigenvalue weighted by Crippen LogP contribution is 2.30. The van der Waals surface area contributed by atoms with Crippen molar-refractivity contribution in [1.29, 1.82) is 0 Å². The van der Waals surface area contributed by atoms with Gasteiger partial charge in [0.25, 0.3) is 5.88 Å². The van der Waals surface area contributed by atoms with Crippen molar-refractivity contribution in [2.45, 2.75) is 77.6 Å². The fourth-order valence-corrected chi connectivity index (χ4v) is 4.66. The second-order valence-corrected chi connectivity index (χ2v) is 9.45. The molecule has 4 rings (SSSR count). The third kappa shape index (κ3) is 6.50. The summed E-state index contributed by atoms with van der Waals surface area (Å²) in [7, 11) is 0. The monoisotopic (exact) mass is 518 g/mol. The van der Waals surface area contributed by atoms with Gasteiger partial charge in [-0.2, -0.15) is 13.2 Å². The number of halogens is 3. The van der Waals surface area contributed by atoms with Crippen molar-refractivity contribution in [2.24, 2.45) is 0 Å². The smallest absolute Gasteiger partial charge is 0.389 e. The Kier molecular flexibility index (Phi) is 8.19. The predicted molar refractivity (Wildman–Crippen MR) is 133 cm³/mol. The minimum atomic E-state index is -4.27. The Morgan fingerprint density at radius 2 is 2.03 bits per heavy atom. The fraction of sp³-hybridized carbons (Fsp3) is 0.538. The van der Waals surface area contributed by atoms with Crippen LogP contribution in [0.5, 0.6) is 5.88 Å². The molecule has 1 aliphatic heterocycles. The van der Waals surface area contributed by atoms with E-state index in [0.717, 1.165) is 23.2 Å². The number of carbonyl (C=O) groups is 1. The zero-order valence-corrected chi connectivity index (χ0v) is 21.4. The van der Waals surface area contributed by atoms with E-state index >= 15 is 0 Å². The number of alkyl halides is 3. The van der Waals surface area contributed by atoms with Crippen molar-refractivity contribution < 1.29 is 22.7 Å². The van der Waals surface area contributed by atoms with Gasteiger partial charge in [-0.25, -0.2) is 14.8 Å². The average Bonchev–Trinajstić information content (AvgIpc) is 3.33. The summed E-state index contributed by atoms with van der Waals surface area (Å²) in [4.78, 5) is 28.5. The molecule has 3 aromatic heterocycles. The average molecular weight is 519 g/mol. The van der Waals surface area contributed by atoms with Gasteiger partial charge in [-0.3, -0.25) is 4.98 Å². The number of urea groups is 1. The molecule has 2 amide bonds. The SMILES string of the molecule is CCN1C(=O)N[C@@H](CCC(F)(F)F)CCCCCOc2nc(cn3ccnc23)-c2cc(cnc2C)[C@H]1C. The van der Waals surface area contributed by atoms with Crippen molar-refractivity contribution in [3.63, 3.8) is 0 Å². The summed E-state index contributed by atoms with van der Waals surface area (Å²) in [5.41, 5.74) is 3.64. The molecule has 0 saturated heterocycles. The summed E-state index contributed by atoms with van der Waals surface area (Å²) in [5.74, 6) is 0.416. The molecule has 1 N–H and O–H groups in total. The number of carbonyl (C=O) groups excluding carboxylic acids is 1. The van der Waals surface area contributed by atoms with Crippen molar-refractivity contribution >= 4 is 11.7 Å². The molecule has 4 bridgehead atoms. The molecule has 0 spiro atoms. The highest BCUT2D eigenvalue weighted by molar-refractivity contribution is 5.75. The number of aryl methyl sites for hydroxylation is 1. The van der Waals surface area contributed by atoms with Gasteiger partial charge in [0.15, 0.2) is 0 Å². The zero-order chi connectivity index (χ0) is 26.6. The van der Waals surface area contributed by atoms with Gasteiger partial charge in [0.1, 0.15) is 0 Å². The van der Waals surface area contributed by atoms with E-state index in [0.29, 0.717) is 49.6 Å². The van der Waals surface area contributed by atoms with E-state index < -0.39 is 18.6 Å². The van der Waals surface area contributed by atoms with Crippen LogP contribution in [-0.2, 0) is 0 Å². The van der Waals surface area contributed by atoms with Gasteiger partial charge >= 0.3 is 12.2 Å². The lowest BCUT2D eigenvalue weighted by Gasteiger charge is -2.31. The normalized spacial score (nSPS) is 19.8. The first-order chi connectivity index (χ1) is 17.7. The maximum Gasteiger partial charge on any atom is 0.389 e. The van der Waals surface area contributed by atoms with E-state index in [9.17, 15) is 18.0 Å². The molecule has 200 valence electrons. The van der Waals surface area contributed by atoms with E-state index in [2.05, 4.69) is 15.3 Å². The van der Waals surface area contributed by atoms with Crippen LogP contribution in [0.3, 0.4) is 0 Å². The van der Waals surface area contributed by atoms with Crippen LogP contribution in [0, 0.1) is 6.92 Å². The third-order valence-electron chi connectivity index (χ3n) is 6.82. The van der Waals surface area contributed by atoms with Gasteiger partial charge in [-0.05, 0) is 58.1 Å². The highest BCUT2D eigenvalue weighted by atomic mass is 19.4. The quantitative estimate of drug-likeness (QED) is 0.470. The lowest BCUT2D eigenvalue weighted by molar-refractivity contribution is -0.136. The third-order valence-corrected chi connectivity index (χ3v) is 6.82. The second kappa shape index (κ2) is 11.4. The van der Waals surface area contributed by atoms with Crippen LogP contribution in [0.1, 0.15) is 69.7 Å². The number of nitrogens with zero attached hydrogens (tertiary/aromatic N) is 5. The van der Waals surface area contributed by atoms with Crippen LogP contribution in [0.2, 0.25) is 0 Å². The van der Waals surface area contributed by atoms with E-state index in [-0.39, 0.29) is 18.5 Å². The highest BCUT2D eigenvalue weighted by Gasteiger charge is 2.30. The number of rotatable bonds is 3. The number of pyridine rings is 1. The fourth-order valence-electron chi connectivity index (χ4n) is 4.66. The van der Waals surface area contributed by atoms with Crippen LogP contribution in [0.15, 0.2) is 30.9 Å². The topological polar surface area (TPSA) is 84.7 Å². The molecule has 8 nitrogen and oxygen atoms in total. The Morgan fingerprint density at radius 1 is 1.22 bits per heavy atom. The maximum absolute atomic E-state index is 13.2. The summed E-state index contributed by atoms with van der Waals surface area (Å²) < 4.78 is 46.7. The summed E-state index contributed by atoms with van der Waals surface area (Å²) in [5, 5.41) is 2.87. The molecule has 0 aromatic carbocycles. The number of amides is 2. The van der Waals surface area contributed by atoms with Crippen LogP contribution in [-0.4, -0.2) is 55.7 Å². The standard InChI is InChI=1S/C26H33F3N6O2/c1-4-35-18(3)19-14-21(17(2)31-15-19)22-16-34-12-11-30-23(34)24(33-22)37-13-7-5-6-8-20(32-25(35)36)9-10-26(27,28)29/h11-12,14-16,18,20H,4-10,13H2,1-3H3,(H,32,36)/t18-,20-/m1/s1. The number of aromatic nitrogens is 4. The first-order valence-corrected chi connectivity index (χ1v) is 12.7. The van der Waals surface area contributed by atoms with Crippen LogP contribution < -0.4 is 10.1 Å². The van der Waals surface area contributed by atoms with Crippen LogP contribution in [0.25, 0.3) is 16.9 Å². The Bertz CT molecular complexity index is 1230. The Morgan fingerprint density at radius 3 is 2.78 bits per heavy atom. The first kappa shape index (κ1) is 26.7. The molecule has 0 unspecified atom stereocenters. The molecule has 0 fully saturated rings. The first-order valence-electron chi connectivity index (χ1n) is 12.7. The number of hydrogen-bond donors (Lipinski definition) is 1. The minimum Gasteiger partial charge on any atom is -0.475 e. The summed E-state index contributed by atoms with van der Waals surface area (Å²) in [6.45, 7) is 6.42.